The van der Waals surface area contributed by atoms with Crippen molar-refractivity contribution in [2.24, 2.45) is 0 Å². The van der Waals surface area contributed by atoms with Gasteiger partial charge in [-0.2, -0.15) is 13.2 Å². The molecule has 0 bridgehead atoms. The van der Waals surface area contributed by atoms with E-state index in [-0.39, 0.29) is 0 Å². The lowest BCUT2D eigenvalue weighted by Gasteiger charge is -2.45. The molecule has 0 radical (unpaired) electrons. The van der Waals surface area contributed by atoms with Crippen LogP contribution in [-0.2, 0) is 6.18 Å². The molecule has 1 heterocycles. The smallest absolute Gasteiger partial charge is 0.368 e. The Kier molecular flexibility index (Phi) is 4.28. The van der Waals surface area contributed by atoms with E-state index in [1.165, 1.54) is 12.1 Å². The minimum absolute atomic E-state index is 0.346. The Morgan fingerprint density at radius 2 is 1.75 bits per heavy atom. The predicted octanol–water partition coefficient (Wildman–Crippen LogP) is 3.62. The summed E-state index contributed by atoms with van der Waals surface area (Å²) in [6.07, 6.45) is -4.28. The molecule has 1 saturated heterocycles. The number of benzene rings is 1. The van der Waals surface area contributed by atoms with E-state index < -0.39 is 11.7 Å². The van der Waals surface area contributed by atoms with Gasteiger partial charge in [-0.25, -0.2) is 0 Å². The van der Waals surface area contributed by atoms with Crippen molar-refractivity contribution in [3.05, 3.63) is 29.8 Å². The Morgan fingerprint density at radius 3 is 2.25 bits per heavy atom. The fourth-order valence-electron chi connectivity index (χ4n) is 3.07. The number of hydrogen-bond acceptors (Lipinski definition) is 2. The lowest BCUT2D eigenvalue weighted by atomic mass is 10.1. The van der Waals surface area contributed by atoms with Gasteiger partial charge in [-0.1, -0.05) is 13.0 Å². The summed E-state index contributed by atoms with van der Waals surface area (Å²) in [5.74, 6) is 0. The molecule has 0 unspecified atom stereocenters. The molecule has 1 aromatic carbocycles. The molecule has 20 heavy (non-hydrogen) atoms. The van der Waals surface area contributed by atoms with Crippen molar-refractivity contribution in [1.29, 1.82) is 0 Å². The molecule has 2 rings (SSSR count). The van der Waals surface area contributed by atoms with E-state index in [0.717, 1.165) is 25.7 Å². The molecule has 5 heteroatoms. The highest BCUT2D eigenvalue weighted by Crippen LogP contribution is 2.32. The summed E-state index contributed by atoms with van der Waals surface area (Å²) < 4.78 is 38.3. The van der Waals surface area contributed by atoms with E-state index in [1.54, 1.807) is 6.07 Å². The second kappa shape index (κ2) is 5.64. The number of alkyl halides is 3. The Hall–Kier alpha value is -1.23. The molecule has 2 nitrogen and oxygen atoms in total. The maximum absolute atomic E-state index is 12.8. The van der Waals surface area contributed by atoms with Gasteiger partial charge in [0.05, 0.1) is 5.56 Å². The third-order valence-electron chi connectivity index (χ3n) is 4.01. The predicted molar refractivity (Wildman–Crippen MR) is 75.0 cm³/mol. The van der Waals surface area contributed by atoms with Crippen molar-refractivity contribution in [2.75, 3.05) is 24.5 Å². The molecule has 0 amide bonds. The van der Waals surface area contributed by atoms with Crippen molar-refractivity contribution in [3.8, 4) is 0 Å². The quantitative estimate of drug-likeness (QED) is 0.819. The third kappa shape index (κ3) is 3.08. The summed E-state index contributed by atoms with van der Waals surface area (Å²) >= 11 is 0. The lowest BCUT2D eigenvalue weighted by molar-refractivity contribution is -0.137. The first-order valence-corrected chi connectivity index (χ1v) is 7.01. The van der Waals surface area contributed by atoms with Gasteiger partial charge >= 0.3 is 6.18 Å². The standard InChI is InChI=1S/C15H21F3N2/c1-4-20-11(2)9-19(10-12(20)3)14-7-5-6-13(8-14)15(16,17)18/h5-8,11-12H,4,9-10H2,1-3H3/t11-,12+. The number of piperazine rings is 1. The number of rotatable bonds is 2. The fraction of sp³-hybridized carbons (Fsp3) is 0.600. The van der Waals surface area contributed by atoms with Crippen LogP contribution in [0.25, 0.3) is 0 Å². The molecular formula is C15H21F3N2. The van der Waals surface area contributed by atoms with Gasteiger partial charge in [-0.05, 0) is 38.6 Å². The zero-order valence-electron chi connectivity index (χ0n) is 12.1. The summed E-state index contributed by atoms with van der Waals surface area (Å²) in [5.41, 5.74) is 0.0857. The van der Waals surface area contributed by atoms with Gasteiger partial charge in [-0.15, -0.1) is 0 Å². The van der Waals surface area contributed by atoms with Crippen LogP contribution in [0.4, 0.5) is 18.9 Å². The number of halogens is 3. The van der Waals surface area contributed by atoms with E-state index in [0.29, 0.717) is 17.8 Å². The van der Waals surface area contributed by atoms with Gasteiger partial charge in [0.25, 0.3) is 0 Å². The number of nitrogens with zero attached hydrogens (tertiary/aromatic N) is 2. The molecule has 2 atom stereocenters. The molecule has 1 aromatic rings. The van der Waals surface area contributed by atoms with Crippen LogP contribution in [0.1, 0.15) is 26.3 Å². The van der Waals surface area contributed by atoms with Crippen LogP contribution >= 0.6 is 0 Å². The topological polar surface area (TPSA) is 6.48 Å². The van der Waals surface area contributed by atoms with Crippen molar-refractivity contribution < 1.29 is 13.2 Å². The molecule has 1 fully saturated rings. The number of likely N-dealkylation sites (N-methyl/N-ethyl adjacent to an activating group) is 1. The van der Waals surface area contributed by atoms with Crippen molar-refractivity contribution in [3.63, 3.8) is 0 Å². The summed E-state index contributed by atoms with van der Waals surface area (Å²) in [6, 6.07) is 6.31. The van der Waals surface area contributed by atoms with Gasteiger partial charge < -0.3 is 4.90 Å². The second-order valence-electron chi connectivity index (χ2n) is 5.48. The Morgan fingerprint density at radius 1 is 1.15 bits per heavy atom. The van der Waals surface area contributed by atoms with Crippen LogP contribution in [0, 0.1) is 0 Å². The minimum atomic E-state index is -4.28. The van der Waals surface area contributed by atoms with Crippen LogP contribution in [0.2, 0.25) is 0 Å². The van der Waals surface area contributed by atoms with Crippen molar-refractivity contribution in [2.45, 2.75) is 39.0 Å². The van der Waals surface area contributed by atoms with Crippen LogP contribution < -0.4 is 4.90 Å². The number of hydrogen-bond donors (Lipinski definition) is 0. The highest BCUT2D eigenvalue weighted by Gasteiger charge is 2.32. The van der Waals surface area contributed by atoms with E-state index in [4.69, 9.17) is 0 Å². The van der Waals surface area contributed by atoms with E-state index >= 15 is 0 Å². The molecule has 112 valence electrons. The maximum Gasteiger partial charge on any atom is 0.416 e. The lowest BCUT2D eigenvalue weighted by Crippen LogP contribution is -2.56. The van der Waals surface area contributed by atoms with Gasteiger partial charge in [0.1, 0.15) is 0 Å². The summed E-state index contributed by atoms with van der Waals surface area (Å²) in [6.45, 7) is 8.87. The molecule has 0 N–H and O–H groups in total. The summed E-state index contributed by atoms with van der Waals surface area (Å²) in [7, 11) is 0. The average molecular weight is 286 g/mol. The van der Waals surface area contributed by atoms with Gasteiger partial charge in [-0.3, -0.25) is 4.90 Å². The van der Waals surface area contributed by atoms with Crippen LogP contribution in [-0.4, -0.2) is 36.6 Å². The minimum Gasteiger partial charge on any atom is -0.368 e. The first kappa shape index (κ1) is 15.2. The largest absolute Gasteiger partial charge is 0.416 e. The van der Waals surface area contributed by atoms with Gasteiger partial charge in [0.2, 0.25) is 0 Å². The second-order valence-corrected chi connectivity index (χ2v) is 5.48. The summed E-state index contributed by atoms with van der Waals surface area (Å²) in [4.78, 5) is 4.43. The first-order valence-electron chi connectivity index (χ1n) is 7.01. The molecule has 0 saturated carbocycles. The van der Waals surface area contributed by atoms with E-state index in [9.17, 15) is 13.2 Å². The van der Waals surface area contributed by atoms with E-state index in [2.05, 4.69) is 30.6 Å². The van der Waals surface area contributed by atoms with Gasteiger partial charge in [0, 0.05) is 30.9 Å². The Bertz CT molecular complexity index is 447. The molecule has 1 aliphatic rings. The fourth-order valence-corrected chi connectivity index (χ4v) is 3.07. The first-order chi connectivity index (χ1) is 9.32. The molecular weight excluding hydrogens is 265 g/mol. The Balaban J connectivity index is 2.21. The molecule has 0 spiro atoms. The highest BCUT2D eigenvalue weighted by molar-refractivity contribution is 5.50. The molecule has 0 aromatic heterocycles. The van der Waals surface area contributed by atoms with Crippen molar-refractivity contribution >= 4 is 5.69 Å². The highest BCUT2D eigenvalue weighted by atomic mass is 19.4. The van der Waals surface area contributed by atoms with Crippen molar-refractivity contribution in [1.82, 2.24) is 4.90 Å². The number of anilines is 1. The zero-order chi connectivity index (χ0) is 14.9. The Labute approximate surface area is 118 Å². The SMILES string of the molecule is CCN1[C@H](C)CN(c2cccc(C(F)(F)F)c2)C[C@@H]1C. The van der Waals surface area contributed by atoms with Crippen LogP contribution in [0.5, 0.6) is 0 Å². The van der Waals surface area contributed by atoms with E-state index in [1.807, 2.05) is 0 Å². The normalized spacial score (nSPS) is 25.0. The molecule has 1 aliphatic heterocycles. The maximum atomic E-state index is 12.8. The van der Waals surface area contributed by atoms with Crippen LogP contribution in [0.15, 0.2) is 24.3 Å². The molecule has 0 aliphatic carbocycles. The third-order valence-corrected chi connectivity index (χ3v) is 4.01. The monoisotopic (exact) mass is 286 g/mol. The zero-order valence-corrected chi connectivity index (χ0v) is 12.1. The van der Waals surface area contributed by atoms with Crippen LogP contribution in [0.3, 0.4) is 0 Å². The summed E-state index contributed by atoms with van der Waals surface area (Å²) in [5, 5.41) is 0. The average Bonchev–Trinajstić information content (AvgIpc) is 2.37. The van der Waals surface area contributed by atoms with Gasteiger partial charge in [0.15, 0.2) is 0 Å².